The van der Waals surface area contributed by atoms with Crippen molar-refractivity contribution in [3.63, 3.8) is 0 Å². The van der Waals surface area contributed by atoms with Crippen molar-refractivity contribution in [1.82, 2.24) is 0 Å². The van der Waals surface area contributed by atoms with Gasteiger partial charge in [0.2, 0.25) is 0 Å². The first-order valence-electron chi connectivity index (χ1n) is 7.58. The Labute approximate surface area is 137 Å². The van der Waals surface area contributed by atoms with Crippen LogP contribution in [-0.4, -0.2) is 13.7 Å². The van der Waals surface area contributed by atoms with E-state index in [-0.39, 0.29) is 11.5 Å². The molecule has 1 aliphatic carbocycles. The molecule has 0 fully saturated rings. The molecule has 0 saturated carbocycles. The average Bonchev–Trinajstić information content (AvgIpc) is 2.71. The first-order valence-corrected chi connectivity index (χ1v) is 11.3. The lowest BCUT2D eigenvalue weighted by atomic mass is 9.93. The van der Waals surface area contributed by atoms with E-state index in [1.165, 1.54) is 11.1 Å². The molecule has 2 nitrogen and oxygen atoms in total. The number of carbonyl (C=O) groups is 1. The van der Waals surface area contributed by atoms with Gasteiger partial charge in [-0.2, -0.15) is 0 Å². The molecule has 116 valence electrons. The number of hydrogen-bond acceptors (Lipinski definition) is 2. The van der Waals surface area contributed by atoms with Crippen LogP contribution < -0.4 is 0 Å². The van der Waals surface area contributed by atoms with E-state index in [4.69, 9.17) is 4.43 Å². The quantitative estimate of drug-likeness (QED) is 0.682. The number of halogens is 1. The van der Waals surface area contributed by atoms with Gasteiger partial charge in [0.05, 0.1) is 6.10 Å². The van der Waals surface area contributed by atoms with Crippen LogP contribution in [0.25, 0.3) is 0 Å². The molecule has 0 aliphatic heterocycles. The van der Waals surface area contributed by atoms with Crippen molar-refractivity contribution in [3.8, 4) is 0 Å². The molecule has 1 atom stereocenters. The van der Waals surface area contributed by atoms with E-state index in [1.54, 1.807) is 0 Å². The summed E-state index contributed by atoms with van der Waals surface area (Å²) >= 11 is 3.61. The van der Waals surface area contributed by atoms with E-state index >= 15 is 0 Å². The SMILES string of the molecule is CC(C)(C)CC(=O)[Si](C)(C)OC1CCc2c(Br)cccc21. The van der Waals surface area contributed by atoms with Gasteiger partial charge in [-0.3, -0.25) is 0 Å². The van der Waals surface area contributed by atoms with E-state index in [0.29, 0.717) is 11.8 Å². The summed E-state index contributed by atoms with van der Waals surface area (Å²) in [5.74, 6) is 0. The molecule has 0 amide bonds. The highest BCUT2D eigenvalue weighted by Crippen LogP contribution is 2.39. The van der Waals surface area contributed by atoms with Gasteiger partial charge in [0.15, 0.2) is 0 Å². The van der Waals surface area contributed by atoms with Gasteiger partial charge in [-0.25, -0.2) is 0 Å². The Morgan fingerprint density at radius 3 is 2.67 bits per heavy atom. The minimum atomic E-state index is -2.32. The van der Waals surface area contributed by atoms with Gasteiger partial charge in [-0.05, 0) is 48.5 Å². The van der Waals surface area contributed by atoms with E-state index in [2.05, 4.69) is 54.9 Å². The lowest BCUT2D eigenvalue weighted by Crippen LogP contribution is -2.43. The molecule has 2 rings (SSSR count). The molecule has 0 aromatic heterocycles. The topological polar surface area (TPSA) is 26.3 Å². The first kappa shape index (κ1) is 16.9. The molecule has 21 heavy (non-hydrogen) atoms. The largest absolute Gasteiger partial charge is 0.403 e. The fraction of sp³-hybridized carbons (Fsp3) is 0.588. The smallest absolute Gasteiger partial charge is 0.259 e. The minimum absolute atomic E-state index is 0.0291. The number of hydrogen-bond donors (Lipinski definition) is 0. The predicted octanol–water partition coefficient (Wildman–Crippen LogP) is 5.20. The summed E-state index contributed by atoms with van der Waals surface area (Å²) in [6.45, 7) is 10.4. The number of fused-ring (bicyclic) bond motifs is 1. The third-order valence-electron chi connectivity index (χ3n) is 3.96. The van der Waals surface area contributed by atoms with Crippen LogP contribution in [0.1, 0.15) is 50.8 Å². The zero-order chi connectivity index (χ0) is 15.8. The standard InChI is InChI=1S/C17H25BrO2Si/c1-17(2,3)11-16(19)21(4,5)20-15-10-9-12-13(15)7-6-8-14(12)18/h6-8,15H,9-11H2,1-5H3. The Hall–Kier alpha value is -0.453. The summed E-state index contributed by atoms with van der Waals surface area (Å²) in [4.78, 5) is 12.6. The number of rotatable bonds is 4. The fourth-order valence-corrected chi connectivity index (χ4v) is 5.43. The molecular weight excluding hydrogens is 344 g/mol. The fourth-order valence-electron chi connectivity index (χ4n) is 2.81. The summed E-state index contributed by atoms with van der Waals surface area (Å²) in [7, 11) is -2.32. The molecule has 0 heterocycles. The van der Waals surface area contributed by atoms with Crippen molar-refractivity contribution in [3.05, 3.63) is 33.8 Å². The Bertz CT molecular complexity index is 546. The summed E-state index contributed by atoms with van der Waals surface area (Å²) in [5, 5.41) is 0.318. The van der Waals surface area contributed by atoms with E-state index in [1.807, 2.05) is 13.1 Å². The molecule has 0 radical (unpaired) electrons. The molecule has 0 saturated heterocycles. The average molecular weight is 369 g/mol. The van der Waals surface area contributed by atoms with Crippen molar-refractivity contribution >= 4 is 29.7 Å². The van der Waals surface area contributed by atoms with E-state index in [9.17, 15) is 4.79 Å². The molecule has 0 N–H and O–H groups in total. The normalized spacial score (nSPS) is 18.7. The van der Waals surface area contributed by atoms with Gasteiger partial charge in [0, 0.05) is 10.9 Å². The third-order valence-corrected chi connectivity index (χ3v) is 7.09. The van der Waals surface area contributed by atoms with Crippen molar-refractivity contribution in [2.75, 3.05) is 0 Å². The van der Waals surface area contributed by atoms with Crippen LogP contribution in [-0.2, 0) is 15.6 Å². The second-order valence-electron chi connectivity index (χ2n) is 7.62. The molecule has 1 aromatic rings. The van der Waals surface area contributed by atoms with Gasteiger partial charge in [0.1, 0.15) is 5.41 Å². The van der Waals surface area contributed by atoms with Crippen molar-refractivity contribution in [2.45, 2.75) is 59.2 Å². The van der Waals surface area contributed by atoms with Gasteiger partial charge < -0.3 is 9.22 Å². The maximum atomic E-state index is 12.6. The Morgan fingerprint density at radius 1 is 1.38 bits per heavy atom. The van der Waals surface area contributed by atoms with Gasteiger partial charge >= 0.3 is 0 Å². The van der Waals surface area contributed by atoms with Crippen LogP contribution in [0.4, 0.5) is 0 Å². The summed E-state index contributed by atoms with van der Waals surface area (Å²) in [6, 6.07) is 6.27. The Kier molecular flexibility index (Phi) is 4.81. The predicted molar refractivity (Wildman–Crippen MR) is 92.9 cm³/mol. The van der Waals surface area contributed by atoms with E-state index < -0.39 is 8.32 Å². The lowest BCUT2D eigenvalue weighted by Gasteiger charge is -2.29. The summed E-state index contributed by atoms with van der Waals surface area (Å²) < 4.78 is 7.52. The Balaban J connectivity index is 2.13. The second kappa shape index (κ2) is 5.97. The lowest BCUT2D eigenvalue weighted by molar-refractivity contribution is -0.115. The highest BCUT2D eigenvalue weighted by atomic mass is 79.9. The molecule has 0 bridgehead atoms. The number of carbonyl (C=O) groups excluding carboxylic acids is 1. The van der Waals surface area contributed by atoms with E-state index in [0.717, 1.165) is 17.3 Å². The molecule has 1 aromatic carbocycles. The van der Waals surface area contributed by atoms with Crippen molar-refractivity contribution < 1.29 is 9.22 Å². The van der Waals surface area contributed by atoms with Crippen LogP contribution in [0, 0.1) is 5.41 Å². The van der Waals surface area contributed by atoms with Crippen LogP contribution in [0.15, 0.2) is 22.7 Å². The molecule has 0 spiro atoms. The molecule has 4 heteroatoms. The van der Waals surface area contributed by atoms with Gasteiger partial charge in [-0.1, -0.05) is 48.8 Å². The maximum Gasteiger partial charge on any atom is 0.259 e. The maximum absolute atomic E-state index is 12.6. The zero-order valence-corrected chi connectivity index (χ0v) is 16.2. The van der Waals surface area contributed by atoms with Crippen LogP contribution in [0.3, 0.4) is 0 Å². The van der Waals surface area contributed by atoms with Gasteiger partial charge in [-0.15, -0.1) is 0 Å². The zero-order valence-electron chi connectivity index (χ0n) is 13.6. The van der Waals surface area contributed by atoms with Crippen LogP contribution >= 0.6 is 15.9 Å². The first-order chi connectivity index (χ1) is 9.60. The third kappa shape index (κ3) is 4.05. The van der Waals surface area contributed by atoms with Crippen LogP contribution in [0.5, 0.6) is 0 Å². The second-order valence-corrected chi connectivity index (χ2v) is 12.3. The highest BCUT2D eigenvalue weighted by Gasteiger charge is 2.39. The highest BCUT2D eigenvalue weighted by molar-refractivity contribution is 9.10. The van der Waals surface area contributed by atoms with Gasteiger partial charge in [0.25, 0.3) is 8.32 Å². The van der Waals surface area contributed by atoms with Crippen molar-refractivity contribution in [2.24, 2.45) is 5.41 Å². The van der Waals surface area contributed by atoms with Crippen molar-refractivity contribution in [1.29, 1.82) is 0 Å². The minimum Gasteiger partial charge on any atom is -0.403 e. The van der Waals surface area contributed by atoms with Crippen LogP contribution in [0.2, 0.25) is 13.1 Å². The molecular formula is C17H25BrO2Si. The molecule has 1 unspecified atom stereocenters. The molecule has 1 aliphatic rings. The summed E-state index contributed by atoms with van der Waals surface area (Å²) in [6.07, 6.45) is 2.70. The summed E-state index contributed by atoms with van der Waals surface area (Å²) in [5.41, 5.74) is 2.63. The Morgan fingerprint density at radius 2 is 2.05 bits per heavy atom. The monoisotopic (exact) mass is 368 g/mol. The number of benzene rings is 1.